The van der Waals surface area contributed by atoms with Crippen LogP contribution in [0.4, 0.5) is 0 Å². The average Bonchev–Trinajstić information content (AvgIpc) is 2.89. The molecule has 1 aliphatic heterocycles. The third-order valence-corrected chi connectivity index (χ3v) is 5.38. The third kappa shape index (κ3) is 2.66. The molecule has 1 heterocycles. The maximum absolute atomic E-state index is 12.8. The molecule has 4 rings (SSSR count). The van der Waals surface area contributed by atoms with Crippen LogP contribution in [0.1, 0.15) is 28.8 Å². The molecule has 0 aromatic heterocycles. The van der Waals surface area contributed by atoms with E-state index in [1.807, 2.05) is 35.2 Å². The number of nitrogens with zero attached hydrogens (tertiary/aromatic N) is 1. The highest BCUT2D eigenvalue weighted by molar-refractivity contribution is 5.95. The van der Waals surface area contributed by atoms with Crippen LogP contribution in [0.2, 0.25) is 0 Å². The number of fused-ring (bicyclic) bond motifs is 1. The molecule has 2 aromatic carbocycles. The molecule has 23 heavy (non-hydrogen) atoms. The number of benzene rings is 2. The second-order valence-electron chi connectivity index (χ2n) is 6.79. The maximum atomic E-state index is 12.8. The topological polar surface area (TPSA) is 46.3 Å². The standard InChI is InChI=1S/C20H22N2O/c21-11-14-3-1-4-15(9-14)16-5-2-6-17(10-16)20(23)22-12-18-7-8-19(18)13-22/h1-6,9-10,18-19H,7-8,11-13,21H2/t18-,19+. The summed E-state index contributed by atoms with van der Waals surface area (Å²) in [6.45, 7) is 2.41. The Morgan fingerprint density at radius 1 is 1.00 bits per heavy atom. The largest absolute Gasteiger partial charge is 0.338 e. The van der Waals surface area contributed by atoms with Gasteiger partial charge in [0, 0.05) is 25.2 Å². The summed E-state index contributed by atoms with van der Waals surface area (Å²) in [5.41, 5.74) is 9.82. The van der Waals surface area contributed by atoms with Gasteiger partial charge in [0.05, 0.1) is 0 Å². The van der Waals surface area contributed by atoms with Crippen LogP contribution in [0.3, 0.4) is 0 Å². The Morgan fingerprint density at radius 2 is 1.65 bits per heavy atom. The molecule has 2 aromatic rings. The summed E-state index contributed by atoms with van der Waals surface area (Å²) in [6, 6.07) is 16.2. The predicted molar refractivity (Wildman–Crippen MR) is 91.9 cm³/mol. The summed E-state index contributed by atoms with van der Waals surface area (Å²) in [4.78, 5) is 14.8. The quantitative estimate of drug-likeness (QED) is 0.946. The number of amides is 1. The zero-order valence-corrected chi connectivity index (χ0v) is 13.2. The van der Waals surface area contributed by atoms with E-state index in [0.29, 0.717) is 6.54 Å². The summed E-state index contributed by atoms with van der Waals surface area (Å²) < 4.78 is 0. The molecule has 2 aliphatic rings. The highest BCUT2D eigenvalue weighted by atomic mass is 16.2. The second kappa shape index (κ2) is 5.82. The number of hydrogen-bond donors (Lipinski definition) is 1. The molecule has 2 atom stereocenters. The fourth-order valence-corrected chi connectivity index (χ4v) is 3.82. The molecule has 1 aliphatic carbocycles. The van der Waals surface area contributed by atoms with Gasteiger partial charge in [-0.25, -0.2) is 0 Å². The van der Waals surface area contributed by atoms with E-state index in [1.54, 1.807) is 0 Å². The van der Waals surface area contributed by atoms with Gasteiger partial charge in [-0.2, -0.15) is 0 Å². The van der Waals surface area contributed by atoms with Crippen LogP contribution in [-0.2, 0) is 6.54 Å². The Kier molecular flexibility index (Phi) is 3.66. The monoisotopic (exact) mass is 306 g/mol. The van der Waals surface area contributed by atoms with Gasteiger partial charge in [-0.15, -0.1) is 0 Å². The fraction of sp³-hybridized carbons (Fsp3) is 0.350. The molecule has 118 valence electrons. The van der Waals surface area contributed by atoms with Gasteiger partial charge in [0.1, 0.15) is 0 Å². The first kappa shape index (κ1) is 14.5. The lowest BCUT2D eigenvalue weighted by molar-refractivity contribution is 0.0787. The SMILES string of the molecule is NCc1cccc(-c2cccc(C(=O)N3C[C@H]4CC[C@H]4C3)c2)c1. The summed E-state index contributed by atoms with van der Waals surface area (Å²) in [6.07, 6.45) is 2.58. The van der Waals surface area contributed by atoms with Crippen LogP contribution < -0.4 is 5.73 Å². The van der Waals surface area contributed by atoms with E-state index in [-0.39, 0.29) is 5.91 Å². The molecule has 0 unspecified atom stereocenters. The Labute approximate surface area is 137 Å². The smallest absolute Gasteiger partial charge is 0.253 e. The summed E-state index contributed by atoms with van der Waals surface area (Å²) in [5, 5.41) is 0. The van der Waals surface area contributed by atoms with Gasteiger partial charge in [0.15, 0.2) is 0 Å². The lowest BCUT2D eigenvalue weighted by Gasteiger charge is -2.27. The Hall–Kier alpha value is -2.13. The van der Waals surface area contributed by atoms with E-state index in [0.717, 1.165) is 47.2 Å². The van der Waals surface area contributed by atoms with Crippen molar-refractivity contribution < 1.29 is 4.79 Å². The molecule has 1 saturated heterocycles. The first-order valence-electron chi connectivity index (χ1n) is 8.43. The molecule has 0 bridgehead atoms. The van der Waals surface area contributed by atoms with E-state index < -0.39 is 0 Å². The minimum atomic E-state index is 0.177. The van der Waals surface area contributed by atoms with Crippen molar-refractivity contribution in [1.29, 1.82) is 0 Å². The minimum absolute atomic E-state index is 0.177. The number of rotatable bonds is 3. The van der Waals surface area contributed by atoms with E-state index in [4.69, 9.17) is 5.73 Å². The number of carbonyl (C=O) groups excluding carboxylic acids is 1. The maximum Gasteiger partial charge on any atom is 0.253 e. The first-order chi connectivity index (χ1) is 11.2. The van der Waals surface area contributed by atoms with Crippen LogP contribution in [0.25, 0.3) is 11.1 Å². The molecule has 0 spiro atoms. The summed E-state index contributed by atoms with van der Waals surface area (Å²) >= 11 is 0. The van der Waals surface area contributed by atoms with Crippen molar-refractivity contribution in [2.45, 2.75) is 19.4 Å². The molecule has 1 amide bonds. The first-order valence-corrected chi connectivity index (χ1v) is 8.43. The molecule has 3 nitrogen and oxygen atoms in total. The van der Waals surface area contributed by atoms with Crippen LogP contribution in [-0.4, -0.2) is 23.9 Å². The van der Waals surface area contributed by atoms with E-state index >= 15 is 0 Å². The molecular formula is C20H22N2O. The van der Waals surface area contributed by atoms with Crippen molar-refractivity contribution in [2.24, 2.45) is 17.6 Å². The molecule has 0 radical (unpaired) electrons. The molecule has 3 heteroatoms. The van der Waals surface area contributed by atoms with Gasteiger partial charge in [-0.1, -0.05) is 30.3 Å². The number of carbonyl (C=O) groups is 1. The summed E-state index contributed by atoms with van der Waals surface area (Å²) in [5.74, 6) is 1.68. The van der Waals surface area contributed by atoms with Gasteiger partial charge in [0.25, 0.3) is 5.91 Å². The molecule has 2 fully saturated rings. The minimum Gasteiger partial charge on any atom is -0.338 e. The van der Waals surface area contributed by atoms with Gasteiger partial charge in [-0.05, 0) is 59.6 Å². The van der Waals surface area contributed by atoms with Gasteiger partial charge in [0.2, 0.25) is 0 Å². The highest BCUT2D eigenvalue weighted by Gasteiger charge is 2.41. The second-order valence-corrected chi connectivity index (χ2v) is 6.79. The highest BCUT2D eigenvalue weighted by Crippen LogP contribution is 2.40. The molecule has 1 saturated carbocycles. The number of nitrogens with two attached hydrogens (primary N) is 1. The normalized spacial score (nSPS) is 22.6. The van der Waals surface area contributed by atoms with E-state index in [9.17, 15) is 4.79 Å². The van der Waals surface area contributed by atoms with Crippen LogP contribution in [0.5, 0.6) is 0 Å². The van der Waals surface area contributed by atoms with Gasteiger partial charge >= 0.3 is 0 Å². The Balaban J connectivity index is 1.59. The van der Waals surface area contributed by atoms with Crippen molar-refractivity contribution >= 4 is 5.91 Å². The van der Waals surface area contributed by atoms with Crippen LogP contribution >= 0.6 is 0 Å². The van der Waals surface area contributed by atoms with Gasteiger partial charge in [-0.3, -0.25) is 4.79 Å². The van der Waals surface area contributed by atoms with Crippen molar-refractivity contribution in [3.63, 3.8) is 0 Å². The van der Waals surface area contributed by atoms with Crippen molar-refractivity contribution in [2.75, 3.05) is 13.1 Å². The zero-order valence-electron chi connectivity index (χ0n) is 13.2. The Morgan fingerprint density at radius 3 is 2.30 bits per heavy atom. The lowest BCUT2D eigenvalue weighted by atomic mass is 9.77. The summed E-state index contributed by atoms with van der Waals surface area (Å²) in [7, 11) is 0. The molecule has 2 N–H and O–H groups in total. The van der Waals surface area contributed by atoms with E-state index in [1.165, 1.54) is 12.8 Å². The fourth-order valence-electron chi connectivity index (χ4n) is 3.82. The number of hydrogen-bond acceptors (Lipinski definition) is 2. The van der Waals surface area contributed by atoms with Gasteiger partial charge < -0.3 is 10.6 Å². The van der Waals surface area contributed by atoms with Crippen LogP contribution in [0, 0.1) is 11.8 Å². The predicted octanol–water partition coefficient (Wildman–Crippen LogP) is 3.29. The lowest BCUT2D eigenvalue weighted by Crippen LogP contribution is -2.28. The van der Waals surface area contributed by atoms with Crippen LogP contribution in [0.15, 0.2) is 48.5 Å². The van der Waals surface area contributed by atoms with E-state index in [2.05, 4.69) is 18.2 Å². The third-order valence-electron chi connectivity index (χ3n) is 5.38. The Bertz CT molecular complexity index is 728. The van der Waals surface area contributed by atoms with Crippen molar-refractivity contribution in [3.8, 4) is 11.1 Å². The number of likely N-dealkylation sites (tertiary alicyclic amines) is 1. The van der Waals surface area contributed by atoms with Crippen molar-refractivity contribution in [1.82, 2.24) is 4.90 Å². The molecular weight excluding hydrogens is 284 g/mol. The average molecular weight is 306 g/mol. The van der Waals surface area contributed by atoms with Crippen molar-refractivity contribution in [3.05, 3.63) is 59.7 Å². The zero-order chi connectivity index (χ0) is 15.8.